The van der Waals surface area contributed by atoms with Crippen LogP contribution in [0.3, 0.4) is 0 Å². The summed E-state index contributed by atoms with van der Waals surface area (Å²) >= 11 is 0. The van der Waals surface area contributed by atoms with Gasteiger partial charge in [0, 0.05) is 26.7 Å². The van der Waals surface area contributed by atoms with Gasteiger partial charge in [0.1, 0.15) is 13.2 Å². The Balaban J connectivity index is 1.78. The van der Waals surface area contributed by atoms with E-state index in [1.807, 2.05) is 30.3 Å². The molecule has 0 aliphatic carbocycles. The second kappa shape index (κ2) is 8.65. The van der Waals surface area contributed by atoms with Crippen molar-refractivity contribution in [2.24, 2.45) is 14.1 Å². The van der Waals surface area contributed by atoms with E-state index in [0.717, 1.165) is 10.1 Å². The molecule has 0 bridgehead atoms. The number of aromatic nitrogens is 2. The Morgan fingerprint density at radius 1 is 1.04 bits per heavy atom. The average Bonchev–Trinajstić information content (AvgIpc) is 2.65. The summed E-state index contributed by atoms with van der Waals surface area (Å²) in [6, 6.07) is 10.0. The maximum atomic E-state index is 11.8. The average molecular weight is 360 g/mol. The molecule has 1 aromatic carbocycles. The zero-order valence-electron chi connectivity index (χ0n) is 14.5. The summed E-state index contributed by atoms with van der Waals surface area (Å²) < 4.78 is 7.15. The van der Waals surface area contributed by atoms with Crippen molar-refractivity contribution in [2.75, 3.05) is 6.54 Å². The highest BCUT2D eigenvalue weighted by atomic mass is 16.5. The lowest BCUT2D eigenvalue weighted by Gasteiger charge is -2.11. The molecule has 0 spiro atoms. The predicted molar refractivity (Wildman–Crippen MR) is 93.4 cm³/mol. The first-order chi connectivity index (χ1) is 12.4. The molecule has 9 heteroatoms. The number of nitrogens with one attached hydrogen (secondary N) is 2. The lowest BCUT2D eigenvalue weighted by molar-refractivity contribution is -0.143. The van der Waals surface area contributed by atoms with Crippen LogP contribution in [0.4, 0.5) is 4.79 Å². The fraction of sp³-hybridized carbons (Fsp3) is 0.294. The molecule has 1 heterocycles. The second-order valence-corrected chi connectivity index (χ2v) is 5.56. The molecule has 2 aromatic rings. The highest BCUT2D eigenvalue weighted by Crippen LogP contribution is 1.97. The molecule has 2 amide bonds. The van der Waals surface area contributed by atoms with Crippen molar-refractivity contribution in [1.29, 1.82) is 0 Å². The van der Waals surface area contributed by atoms with E-state index in [2.05, 4.69) is 10.6 Å². The standard InChI is InChI=1S/C17H20N4O5/c1-20-13(8-14(22)21(2)17(20)25)11-26-15(23)10-19-16(24)18-9-12-6-4-3-5-7-12/h3-8H,9-11H2,1-2H3,(H2,18,19,24). The summed E-state index contributed by atoms with van der Waals surface area (Å²) in [6.45, 7) is -0.246. The smallest absolute Gasteiger partial charge is 0.330 e. The van der Waals surface area contributed by atoms with E-state index < -0.39 is 23.2 Å². The molecule has 0 radical (unpaired) electrons. The molecule has 0 unspecified atom stereocenters. The minimum absolute atomic E-state index is 0.242. The Labute approximate surface area is 149 Å². The third kappa shape index (κ3) is 5.07. The summed E-state index contributed by atoms with van der Waals surface area (Å²) in [5, 5.41) is 4.99. The van der Waals surface area contributed by atoms with E-state index in [1.54, 1.807) is 0 Å². The number of carbonyl (C=O) groups is 2. The van der Waals surface area contributed by atoms with Crippen LogP contribution < -0.4 is 21.9 Å². The molecular weight excluding hydrogens is 340 g/mol. The summed E-state index contributed by atoms with van der Waals surface area (Å²) in [4.78, 5) is 46.7. The highest BCUT2D eigenvalue weighted by Gasteiger charge is 2.10. The number of hydrogen-bond acceptors (Lipinski definition) is 5. The lowest BCUT2D eigenvalue weighted by Crippen LogP contribution is -2.39. The molecule has 1 aromatic heterocycles. The van der Waals surface area contributed by atoms with E-state index in [9.17, 15) is 19.2 Å². The number of urea groups is 1. The largest absolute Gasteiger partial charge is 0.458 e. The molecule has 0 atom stereocenters. The van der Waals surface area contributed by atoms with Gasteiger partial charge in [-0.2, -0.15) is 0 Å². The maximum absolute atomic E-state index is 11.8. The number of rotatable bonds is 6. The number of ether oxygens (including phenoxy) is 1. The van der Waals surface area contributed by atoms with E-state index in [0.29, 0.717) is 6.54 Å². The molecule has 0 aliphatic heterocycles. The Hall–Kier alpha value is -3.36. The molecule has 2 N–H and O–H groups in total. The normalized spacial score (nSPS) is 10.2. The fourth-order valence-electron chi connectivity index (χ4n) is 2.12. The van der Waals surface area contributed by atoms with Crippen molar-refractivity contribution in [3.8, 4) is 0 Å². The number of esters is 1. The van der Waals surface area contributed by atoms with Gasteiger partial charge in [0.15, 0.2) is 0 Å². The Morgan fingerprint density at radius 3 is 2.42 bits per heavy atom. The van der Waals surface area contributed by atoms with E-state index in [4.69, 9.17) is 4.74 Å². The van der Waals surface area contributed by atoms with Gasteiger partial charge in [-0.05, 0) is 5.56 Å². The lowest BCUT2D eigenvalue weighted by atomic mass is 10.2. The quantitative estimate of drug-likeness (QED) is 0.683. The van der Waals surface area contributed by atoms with Crippen LogP contribution in [0.2, 0.25) is 0 Å². The Morgan fingerprint density at radius 2 is 1.73 bits per heavy atom. The van der Waals surface area contributed by atoms with Crippen molar-refractivity contribution >= 4 is 12.0 Å². The summed E-state index contributed by atoms with van der Waals surface area (Å²) in [5.74, 6) is -0.687. The molecule has 138 valence electrons. The molecule has 9 nitrogen and oxygen atoms in total. The molecule has 0 fully saturated rings. The third-order valence-electron chi connectivity index (χ3n) is 3.70. The summed E-state index contributed by atoms with van der Waals surface area (Å²) in [7, 11) is 2.83. The van der Waals surface area contributed by atoms with Crippen LogP contribution in [0.25, 0.3) is 0 Å². The van der Waals surface area contributed by atoms with Gasteiger partial charge in [-0.25, -0.2) is 9.59 Å². The van der Waals surface area contributed by atoms with Crippen LogP contribution >= 0.6 is 0 Å². The molecular formula is C17H20N4O5. The van der Waals surface area contributed by atoms with E-state index >= 15 is 0 Å². The number of hydrogen-bond donors (Lipinski definition) is 2. The van der Waals surface area contributed by atoms with Gasteiger partial charge in [0.2, 0.25) is 0 Å². The zero-order valence-corrected chi connectivity index (χ0v) is 14.5. The van der Waals surface area contributed by atoms with E-state index in [-0.39, 0.29) is 18.8 Å². The predicted octanol–water partition coefficient (Wildman–Crippen LogP) is -0.373. The molecule has 26 heavy (non-hydrogen) atoms. The van der Waals surface area contributed by atoms with Crippen molar-refractivity contribution in [3.63, 3.8) is 0 Å². The van der Waals surface area contributed by atoms with Gasteiger partial charge in [0.05, 0.1) is 5.69 Å². The summed E-state index contributed by atoms with van der Waals surface area (Å²) in [5.41, 5.74) is 0.191. The minimum atomic E-state index is -0.687. The zero-order chi connectivity index (χ0) is 19.1. The topological polar surface area (TPSA) is 111 Å². The van der Waals surface area contributed by atoms with Crippen LogP contribution in [0.15, 0.2) is 46.0 Å². The summed E-state index contributed by atoms with van der Waals surface area (Å²) in [6.07, 6.45) is 0. The van der Waals surface area contributed by atoms with E-state index in [1.165, 1.54) is 24.7 Å². The monoisotopic (exact) mass is 360 g/mol. The van der Waals surface area contributed by atoms with Crippen molar-refractivity contribution in [1.82, 2.24) is 19.8 Å². The van der Waals surface area contributed by atoms with Gasteiger partial charge in [0.25, 0.3) is 5.56 Å². The Kier molecular flexibility index (Phi) is 6.31. The van der Waals surface area contributed by atoms with Gasteiger partial charge >= 0.3 is 17.7 Å². The van der Waals surface area contributed by atoms with Crippen LogP contribution in [0.1, 0.15) is 11.3 Å². The van der Waals surface area contributed by atoms with Gasteiger partial charge in [-0.1, -0.05) is 30.3 Å². The number of amides is 2. The number of carbonyl (C=O) groups excluding carboxylic acids is 2. The van der Waals surface area contributed by atoms with Gasteiger partial charge < -0.3 is 15.4 Å². The Bertz CT molecular complexity index is 902. The van der Waals surface area contributed by atoms with Crippen molar-refractivity contribution < 1.29 is 14.3 Å². The van der Waals surface area contributed by atoms with Crippen LogP contribution in [-0.4, -0.2) is 27.7 Å². The second-order valence-electron chi connectivity index (χ2n) is 5.56. The van der Waals surface area contributed by atoms with Crippen LogP contribution in [0, 0.1) is 0 Å². The minimum Gasteiger partial charge on any atom is -0.458 e. The molecule has 0 saturated carbocycles. The number of nitrogens with zero attached hydrogens (tertiary/aromatic N) is 2. The molecule has 2 rings (SSSR count). The first-order valence-corrected chi connectivity index (χ1v) is 7.85. The van der Waals surface area contributed by atoms with Crippen LogP contribution in [-0.2, 0) is 36.8 Å². The maximum Gasteiger partial charge on any atom is 0.330 e. The first-order valence-electron chi connectivity index (χ1n) is 7.85. The highest BCUT2D eigenvalue weighted by molar-refractivity contribution is 5.80. The van der Waals surface area contributed by atoms with Gasteiger partial charge in [-0.15, -0.1) is 0 Å². The van der Waals surface area contributed by atoms with Crippen LogP contribution in [0.5, 0.6) is 0 Å². The van der Waals surface area contributed by atoms with Gasteiger partial charge in [-0.3, -0.25) is 18.7 Å². The molecule has 0 aliphatic rings. The third-order valence-corrected chi connectivity index (χ3v) is 3.70. The number of benzene rings is 1. The van der Waals surface area contributed by atoms with Crippen molar-refractivity contribution in [3.05, 3.63) is 68.5 Å². The fourth-order valence-corrected chi connectivity index (χ4v) is 2.12. The SMILES string of the molecule is Cn1c(COC(=O)CNC(=O)NCc2ccccc2)cc(=O)n(C)c1=O. The van der Waals surface area contributed by atoms with Crippen molar-refractivity contribution in [2.45, 2.75) is 13.2 Å². The molecule has 0 saturated heterocycles. The first kappa shape index (κ1) is 19.0.